The van der Waals surface area contributed by atoms with Gasteiger partial charge < -0.3 is 9.64 Å². The van der Waals surface area contributed by atoms with Crippen LogP contribution in [0.1, 0.15) is 36.2 Å². The Morgan fingerprint density at radius 1 is 1.24 bits per heavy atom. The predicted octanol–water partition coefficient (Wildman–Crippen LogP) is 1.54. The summed E-state index contributed by atoms with van der Waals surface area (Å²) in [6.45, 7) is 8.78. The molecule has 3 aliphatic rings. The predicted molar refractivity (Wildman–Crippen MR) is 97.5 cm³/mol. The van der Waals surface area contributed by atoms with Crippen molar-refractivity contribution in [1.82, 2.24) is 19.6 Å². The van der Waals surface area contributed by atoms with E-state index >= 15 is 0 Å². The van der Waals surface area contributed by atoms with Crippen molar-refractivity contribution in [2.24, 2.45) is 13.0 Å². The van der Waals surface area contributed by atoms with Gasteiger partial charge in [0.15, 0.2) is 0 Å². The molecule has 2 bridgehead atoms. The van der Waals surface area contributed by atoms with Gasteiger partial charge in [0.05, 0.1) is 12.3 Å². The van der Waals surface area contributed by atoms with E-state index in [1.165, 1.54) is 24.1 Å². The minimum absolute atomic E-state index is 0.299. The van der Waals surface area contributed by atoms with Crippen molar-refractivity contribution in [3.05, 3.63) is 17.0 Å². The van der Waals surface area contributed by atoms with Crippen molar-refractivity contribution in [3.63, 3.8) is 0 Å². The van der Waals surface area contributed by atoms with Crippen LogP contribution in [0.3, 0.4) is 0 Å². The Morgan fingerprint density at radius 2 is 2.04 bits per heavy atom. The second kappa shape index (κ2) is 7.87. The lowest BCUT2D eigenvalue weighted by Crippen LogP contribution is -2.45. The van der Waals surface area contributed by atoms with Gasteiger partial charge in [0.1, 0.15) is 0 Å². The molecule has 0 saturated carbocycles. The van der Waals surface area contributed by atoms with Crippen LogP contribution in [-0.4, -0.2) is 71.4 Å². The number of fused-ring (bicyclic) bond motifs is 4. The van der Waals surface area contributed by atoms with Crippen LogP contribution in [0.4, 0.5) is 0 Å². The highest BCUT2D eigenvalue weighted by molar-refractivity contribution is 5.76. The first-order chi connectivity index (χ1) is 12.0. The molecule has 1 aromatic heterocycles. The maximum absolute atomic E-state index is 12.8. The van der Waals surface area contributed by atoms with Crippen LogP contribution in [0.2, 0.25) is 0 Å². The zero-order valence-electron chi connectivity index (χ0n) is 16.1. The molecule has 0 N–H and O–H groups in total. The van der Waals surface area contributed by atoms with Crippen LogP contribution in [0.25, 0.3) is 0 Å². The van der Waals surface area contributed by atoms with E-state index in [9.17, 15) is 4.79 Å². The quantitative estimate of drug-likeness (QED) is 0.782. The molecule has 0 spiro atoms. The van der Waals surface area contributed by atoms with Gasteiger partial charge in [-0.15, -0.1) is 0 Å². The summed E-state index contributed by atoms with van der Waals surface area (Å²) < 4.78 is 7.16. The minimum Gasteiger partial charge on any atom is -0.383 e. The number of aryl methyl sites for hydroxylation is 2. The Morgan fingerprint density at radius 3 is 2.72 bits per heavy atom. The first-order valence-electron chi connectivity index (χ1n) is 9.49. The third kappa shape index (κ3) is 4.06. The van der Waals surface area contributed by atoms with Gasteiger partial charge in [-0.1, -0.05) is 0 Å². The summed E-state index contributed by atoms with van der Waals surface area (Å²) in [7, 11) is 3.73. The highest BCUT2D eigenvalue weighted by Gasteiger charge is 2.35. The molecule has 2 atom stereocenters. The van der Waals surface area contributed by atoms with Crippen molar-refractivity contribution in [1.29, 1.82) is 0 Å². The van der Waals surface area contributed by atoms with Crippen LogP contribution >= 0.6 is 0 Å². The van der Waals surface area contributed by atoms with Crippen LogP contribution in [0.15, 0.2) is 0 Å². The fourth-order valence-corrected chi connectivity index (χ4v) is 4.43. The minimum atomic E-state index is 0.299. The summed E-state index contributed by atoms with van der Waals surface area (Å²) in [4.78, 5) is 17.5. The molecular formula is C19H32N4O2. The molecule has 4 rings (SSSR count). The molecule has 3 aliphatic heterocycles. The van der Waals surface area contributed by atoms with Crippen LogP contribution in [-0.2, 0) is 23.0 Å². The molecule has 0 radical (unpaired) electrons. The number of hydrogen-bond acceptors (Lipinski definition) is 4. The average Bonchev–Trinajstić information content (AvgIpc) is 2.80. The molecule has 0 unspecified atom stereocenters. The van der Waals surface area contributed by atoms with Gasteiger partial charge in [-0.2, -0.15) is 5.10 Å². The smallest absolute Gasteiger partial charge is 0.222 e. The standard InChI is InChI=1S/C19H32N4O2/c1-14-18(15(2)21(3)20-14)7-8-19(24)23-12-16-5-6-17(13-23)22(11-16)9-10-25-4/h16-17H,5-13H2,1-4H3/t16-,17-/m1/s1. The van der Waals surface area contributed by atoms with E-state index in [-0.39, 0.29) is 0 Å². The molecule has 1 aromatic rings. The topological polar surface area (TPSA) is 50.6 Å². The lowest BCUT2D eigenvalue weighted by atomic mass is 9.95. The monoisotopic (exact) mass is 348 g/mol. The highest BCUT2D eigenvalue weighted by atomic mass is 16.5. The number of amides is 1. The lowest BCUT2D eigenvalue weighted by Gasteiger charge is -2.35. The summed E-state index contributed by atoms with van der Waals surface area (Å²) >= 11 is 0. The molecule has 140 valence electrons. The van der Waals surface area contributed by atoms with Crippen molar-refractivity contribution in [2.45, 2.75) is 45.6 Å². The van der Waals surface area contributed by atoms with E-state index < -0.39 is 0 Å². The molecule has 6 nitrogen and oxygen atoms in total. The van der Waals surface area contributed by atoms with Gasteiger partial charge in [-0.05, 0) is 44.6 Å². The molecule has 0 aromatic carbocycles. The number of carbonyl (C=O) groups is 1. The Bertz CT molecular complexity index is 613. The number of hydrogen-bond donors (Lipinski definition) is 0. The molecule has 0 aliphatic carbocycles. The number of ether oxygens (including phenoxy) is 1. The fraction of sp³-hybridized carbons (Fsp3) is 0.789. The molecule has 25 heavy (non-hydrogen) atoms. The number of carbonyl (C=O) groups excluding carboxylic acids is 1. The molecule has 3 fully saturated rings. The maximum Gasteiger partial charge on any atom is 0.222 e. The number of aromatic nitrogens is 2. The summed E-state index contributed by atoms with van der Waals surface area (Å²) in [5, 5.41) is 4.46. The first kappa shape index (κ1) is 18.4. The molecular weight excluding hydrogens is 316 g/mol. The van der Waals surface area contributed by atoms with E-state index in [1.54, 1.807) is 7.11 Å². The first-order valence-corrected chi connectivity index (χ1v) is 9.49. The molecule has 6 heteroatoms. The van der Waals surface area contributed by atoms with E-state index in [1.807, 2.05) is 18.7 Å². The molecule has 3 saturated heterocycles. The average molecular weight is 348 g/mol. The summed E-state index contributed by atoms with van der Waals surface area (Å²) in [6.07, 6.45) is 3.84. The van der Waals surface area contributed by atoms with Gasteiger partial charge >= 0.3 is 0 Å². The number of methoxy groups -OCH3 is 1. The second-order valence-corrected chi connectivity index (χ2v) is 7.66. The van der Waals surface area contributed by atoms with Crippen molar-refractivity contribution >= 4 is 5.91 Å². The van der Waals surface area contributed by atoms with Crippen LogP contribution in [0, 0.1) is 19.8 Å². The fourth-order valence-electron chi connectivity index (χ4n) is 4.43. The van der Waals surface area contributed by atoms with E-state index in [0.29, 0.717) is 24.3 Å². The highest BCUT2D eigenvalue weighted by Crippen LogP contribution is 2.28. The van der Waals surface area contributed by atoms with Crippen molar-refractivity contribution < 1.29 is 9.53 Å². The number of rotatable bonds is 6. The third-order valence-corrected chi connectivity index (χ3v) is 6.01. The normalized spacial score (nSPS) is 23.9. The van der Waals surface area contributed by atoms with E-state index in [4.69, 9.17) is 4.74 Å². The second-order valence-electron chi connectivity index (χ2n) is 7.66. The van der Waals surface area contributed by atoms with Gasteiger partial charge in [-0.3, -0.25) is 14.4 Å². The Balaban J connectivity index is 1.59. The SMILES string of the molecule is COCCN1C[C@H]2CC[C@@H]1CN(C(=O)CCc1c(C)nn(C)c1C)C2. The maximum atomic E-state index is 12.8. The Labute approximate surface area is 151 Å². The molecule has 1 amide bonds. The Kier molecular flexibility index (Phi) is 5.79. The number of piperidine rings is 1. The summed E-state index contributed by atoms with van der Waals surface area (Å²) in [5.74, 6) is 0.912. The third-order valence-electron chi connectivity index (χ3n) is 6.01. The van der Waals surface area contributed by atoms with Crippen LogP contribution in [0.5, 0.6) is 0 Å². The summed E-state index contributed by atoms with van der Waals surface area (Å²) in [5.41, 5.74) is 3.46. The van der Waals surface area contributed by atoms with Gasteiger partial charge in [0, 0.05) is 58.5 Å². The van der Waals surface area contributed by atoms with E-state index in [2.05, 4.69) is 21.8 Å². The molecule has 4 heterocycles. The van der Waals surface area contributed by atoms with Crippen LogP contribution < -0.4 is 0 Å². The zero-order chi connectivity index (χ0) is 18.0. The van der Waals surface area contributed by atoms with Crippen molar-refractivity contribution in [2.75, 3.05) is 39.9 Å². The van der Waals surface area contributed by atoms with Gasteiger partial charge in [0.25, 0.3) is 0 Å². The summed E-state index contributed by atoms with van der Waals surface area (Å²) in [6, 6.07) is 0.500. The van der Waals surface area contributed by atoms with E-state index in [0.717, 1.165) is 44.9 Å². The van der Waals surface area contributed by atoms with Gasteiger partial charge in [0.2, 0.25) is 5.91 Å². The van der Waals surface area contributed by atoms with Gasteiger partial charge in [-0.25, -0.2) is 0 Å². The zero-order valence-corrected chi connectivity index (χ0v) is 16.1. The number of nitrogens with zero attached hydrogens (tertiary/aromatic N) is 4. The van der Waals surface area contributed by atoms with Crippen molar-refractivity contribution in [3.8, 4) is 0 Å². The lowest BCUT2D eigenvalue weighted by molar-refractivity contribution is -0.131. The largest absolute Gasteiger partial charge is 0.383 e. The Hall–Kier alpha value is -1.40.